The van der Waals surface area contributed by atoms with E-state index in [4.69, 9.17) is 9.97 Å². The molecule has 2 aromatic heterocycles. The van der Waals surface area contributed by atoms with E-state index in [0.29, 0.717) is 5.82 Å². The molecule has 0 saturated carbocycles. The van der Waals surface area contributed by atoms with Crippen molar-refractivity contribution in [3.05, 3.63) is 224 Å². The van der Waals surface area contributed by atoms with E-state index >= 15 is 0 Å². The lowest BCUT2D eigenvalue weighted by molar-refractivity contribution is 1.16. The molecule has 0 saturated heterocycles. The molecule has 0 N–H and O–H groups in total. The van der Waals surface area contributed by atoms with E-state index in [1.807, 2.05) is 6.07 Å². The second kappa shape index (κ2) is 14.3. The summed E-state index contributed by atoms with van der Waals surface area (Å²) in [6, 6.07) is 80.3. The van der Waals surface area contributed by atoms with E-state index in [1.54, 1.807) is 0 Å². The third-order valence-electron chi connectivity index (χ3n) is 10.5. The summed E-state index contributed by atoms with van der Waals surface area (Å²) in [7, 11) is -1.89. The van der Waals surface area contributed by atoms with Crippen LogP contribution in [0.25, 0.3) is 61.4 Å². The Hall–Kier alpha value is -7.01. The zero-order valence-electron chi connectivity index (χ0n) is 30.6. The molecule has 0 bridgehead atoms. The number of aromatic nitrogens is 3. The van der Waals surface area contributed by atoms with Crippen LogP contribution in [0.4, 0.5) is 0 Å². The van der Waals surface area contributed by atoms with Crippen molar-refractivity contribution < 1.29 is 0 Å². The number of hydrogen-bond donors (Lipinski definition) is 0. The van der Waals surface area contributed by atoms with Gasteiger partial charge in [-0.3, -0.25) is 0 Å². The summed E-state index contributed by atoms with van der Waals surface area (Å²) >= 11 is 0. The van der Waals surface area contributed by atoms with Crippen LogP contribution >= 0.6 is 10.0 Å². The molecule has 4 heteroatoms. The van der Waals surface area contributed by atoms with Crippen molar-refractivity contribution in [3.63, 3.8) is 0 Å². The molecule has 56 heavy (non-hydrogen) atoms. The number of fused-ring (bicyclic) bond motifs is 3. The number of benzene rings is 8. The summed E-state index contributed by atoms with van der Waals surface area (Å²) in [5, 5.41) is 2.48. The van der Waals surface area contributed by atoms with Crippen LogP contribution in [0.5, 0.6) is 0 Å². The molecule has 0 spiro atoms. The lowest BCUT2D eigenvalue weighted by Gasteiger charge is -2.42. The topological polar surface area (TPSA) is 30.7 Å². The number of rotatable bonds is 8. The lowest BCUT2D eigenvalue weighted by atomic mass is 10.1. The molecule has 0 aliphatic rings. The third-order valence-corrected chi connectivity index (χ3v) is 14.4. The number of para-hydroxylation sites is 2. The van der Waals surface area contributed by atoms with Crippen molar-refractivity contribution in [2.75, 3.05) is 0 Å². The molecule has 0 aliphatic carbocycles. The lowest BCUT2D eigenvalue weighted by Crippen LogP contribution is -2.05. The first kappa shape index (κ1) is 33.6. The van der Waals surface area contributed by atoms with Gasteiger partial charge in [0.25, 0.3) is 0 Å². The van der Waals surface area contributed by atoms with Gasteiger partial charge < -0.3 is 4.57 Å². The van der Waals surface area contributed by atoms with Crippen molar-refractivity contribution in [1.82, 2.24) is 14.5 Å². The average molecular weight is 736 g/mol. The van der Waals surface area contributed by atoms with E-state index in [1.165, 1.54) is 41.4 Å². The van der Waals surface area contributed by atoms with Crippen molar-refractivity contribution in [3.8, 4) is 39.6 Å². The van der Waals surface area contributed by atoms with Crippen LogP contribution in [0.15, 0.2) is 244 Å². The normalized spacial score (nSPS) is 11.9. The predicted molar refractivity (Wildman–Crippen MR) is 233 cm³/mol. The molecular weight excluding hydrogens is 699 g/mol. The van der Waals surface area contributed by atoms with Crippen molar-refractivity contribution >= 4 is 31.8 Å². The van der Waals surface area contributed by atoms with E-state index in [2.05, 4.69) is 223 Å². The smallest absolute Gasteiger partial charge is 0.160 e. The molecule has 2 heterocycles. The molecule has 0 aliphatic heterocycles. The largest absolute Gasteiger partial charge is 0.309 e. The highest BCUT2D eigenvalue weighted by Crippen LogP contribution is 2.73. The van der Waals surface area contributed by atoms with Crippen molar-refractivity contribution in [1.29, 1.82) is 0 Å². The van der Waals surface area contributed by atoms with Gasteiger partial charge in [0.05, 0.1) is 22.4 Å². The van der Waals surface area contributed by atoms with Crippen LogP contribution in [0.3, 0.4) is 0 Å². The highest BCUT2D eigenvalue weighted by atomic mass is 32.3. The van der Waals surface area contributed by atoms with E-state index in [0.717, 1.165) is 33.8 Å². The predicted octanol–water partition coefficient (Wildman–Crippen LogP) is 13.9. The van der Waals surface area contributed by atoms with Crippen molar-refractivity contribution in [2.45, 2.75) is 19.6 Å². The van der Waals surface area contributed by atoms with Crippen LogP contribution in [0, 0.1) is 0 Å². The fourth-order valence-corrected chi connectivity index (χ4v) is 11.9. The van der Waals surface area contributed by atoms with E-state index in [-0.39, 0.29) is 0 Å². The minimum absolute atomic E-state index is 0.688. The maximum Gasteiger partial charge on any atom is 0.160 e. The van der Waals surface area contributed by atoms with Crippen LogP contribution in [-0.2, 0) is 0 Å². The molecule has 0 atom stereocenters. The van der Waals surface area contributed by atoms with Gasteiger partial charge in [-0.1, -0.05) is 146 Å². The third kappa shape index (κ3) is 5.79. The average Bonchev–Trinajstić information content (AvgIpc) is 3.63. The van der Waals surface area contributed by atoms with Crippen LogP contribution in [-0.4, -0.2) is 14.5 Å². The molecule has 266 valence electrons. The van der Waals surface area contributed by atoms with Gasteiger partial charge in [-0.05, 0) is 78.9 Å². The Bertz CT molecular complexity index is 2810. The maximum atomic E-state index is 5.38. The highest BCUT2D eigenvalue weighted by molar-refractivity contribution is 8.34. The summed E-state index contributed by atoms with van der Waals surface area (Å²) in [5.41, 5.74) is 8.24. The summed E-state index contributed by atoms with van der Waals surface area (Å²) < 4.78 is 2.36. The first-order chi connectivity index (χ1) is 27.8. The number of nitrogens with zero attached hydrogens (tertiary/aromatic N) is 3. The van der Waals surface area contributed by atoms with Gasteiger partial charge in [0.15, 0.2) is 5.82 Å². The first-order valence-corrected chi connectivity index (χ1v) is 20.5. The molecule has 10 rings (SSSR count). The fraction of sp³-hybridized carbons (Fsp3) is 0. The minimum atomic E-state index is -1.89. The van der Waals surface area contributed by atoms with Gasteiger partial charge in [-0.2, -0.15) is 0 Å². The van der Waals surface area contributed by atoms with Crippen LogP contribution < -0.4 is 0 Å². The molecule has 0 unspecified atom stereocenters. The molecule has 0 radical (unpaired) electrons. The quantitative estimate of drug-likeness (QED) is 0.156. The zero-order valence-corrected chi connectivity index (χ0v) is 31.4. The highest BCUT2D eigenvalue weighted by Gasteiger charge is 2.33. The summed E-state index contributed by atoms with van der Waals surface area (Å²) in [4.78, 5) is 15.7. The summed E-state index contributed by atoms with van der Waals surface area (Å²) in [6.07, 6.45) is 0. The standard InChI is InChI=1S/C52H37N3S/c1-5-19-38(20-6-1)48-37-49(39-21-17-23-41(35-39)55-50-33-15-13-31-46(50)47-32-14-16-34-51(47)55)54-52(53-48)40-22-18-30-45(36-40)56(42-24-7-2-8-25-42,43-26-9-3-10-27-43)44-28-11-4-12-29-44/h1-37H. The van der Waals surface area contributed by atoms with Gasteiger partial charge in [-0.15, -0.1) is 10.0 Å². The van der Waals surface area contributed by atoms with Crippen LogP contribution in [0.2, 0.25) is 0 Å². The van der Waals surface area contributed by atoms with E-state index in [9.17, 15) is 0 Å². The Morgan fingerprint density at radius 1 is 0.321 bits per heavy atom. The van der Waals surface area contributed by atoms with Gasteiger partial charge in [0, 0.05) is 52.7 Å². The monoisotopic (exact) mass is 735 g/mol. The molecule has 0 amide bonds. The minimum Gasteiger partial charge on any atom is -0.309 e. The van der Waals surface area contributed by atoms with Gasteiger partial charge in [-0.25, -0.2) is 9.97 Å². The first-order valence-electron chi connectivity index (χ1n) is 18.9. The maximum absolute atomic E-state index is 5.38. The Morgan fingerprint density at radius 3 is 1.32 bits per heavy atom. The SMILES string of the molecule is c1ccc(-c2cc(-c3cccc(-n4c5ccccc5c5ccccc54)c3)nc(-c3cccc(S(c4ccccc4)(c4ccccc4)c4ccccc4)c3)n2)cc1. The Kier molecular flexibility index (Phi) is 8.59. The van der Waals surface area contributed by atoms with Crippen LogP contribution in [0.1, 0.15) is 0 Å². The van der Waals surface area contributed by atoms with Crippen molar-refractivity contribution in [2.24, 2.45) is 0 Å². The zero-order chi connectivity index (χ0) is 37.3. The molecule has 3 nitrogen and oxygen atoms in total. The Balaban J connectivity index is 1.18. The second-order valence-corrected chi connectivity index (χ2v) is 16.9. The van der Waals surface area contributed by atoms with Gasteiger partial charge in [0.1, 0.15) is 0 Å². The number of hydrogen-bond acceptors (Lipinski definition) is 2. The second-order valence-electron chi connectivity index (χ2n) is 13.8. The summed E-state index contributed by atoms with van der Waals surface area (Å²) in [5.74, 6) is 0.688. The Morgan fingerprint density at radius 2 is 0.750 bits per heavy atom. The Labute approximate surface area is 328 Å². The molecular formula is C52H37N3S. The van der Waals surface area contributed by atoms with E-state index < -0.39 is 10.0 Å². The van der Waals surface area contributed by atoms with Gasteiger partial charge in [0.2, 0.25) is 0 Å². The molecule has 0 fully saturated rings. The molecule has 10 aromatic rings. The van der Waals surface area contributed by atoms with Gasteiger partial charge >= 0.3 is 0 Å². The molecule has 8 aromatic carbocycles. The summed E-state index contributed by atoms with van der Waals surface area (Å²) in [6.45, 7) is 0. The fourth-order valence-electron chi connectivity index (χ4n) is 8.00.